The van der Waals surface area contributed by atoms with E-state index in [2.05, 4.69) is 22.3 Å². The zero-order chi connectivity index (χ0) is 21.7. The Balaban J connectivity index is 1.80. The van der Waals surface area contributed by atoms with E-state index in [9.17, 15) is 14.9 Å². The quantitative estimate of drug-likeness (QED) is 0.546. The number of carbonyl (C=O) groups is 1. The van der Waals surface area contributed by atoms with Crippen molar-refractivity contribution in [1.82, 2.24) is 4.90 Å². The van der Waals surface area contributed by atoms with Gasteiger partial charge in [-0.3, -0.25) is 19.8 Å². The topological polar surface area (TPSA) is 84.7 Å². The molecule has 7 nitrogen and oxygen atoms in total. The van der Waals surface area contributed by atoms with E-state index in [0.717, 1.165) is 54.7 Å². The predicted octanol–water partition coefficient (Wildman–Crippen LogP) is 4.78. The minimum Gasteiger partial charge on any atom is -0.497 e. The van der Waals surface area contributed by atoms with E-state index < -0.39 is 4.92 Å². The van der Waals surface area contributed by atoms with Gasteiger partial charge >= 0.3 is 0 Å². The van der Waals surface area contributed by atoms with Crippen LogP contribution < -0.4 is 10.1 Å². The highest BCUT2D eigenvalue weighted by Gasteiger charge is 2.26. The van der Waals surface area contributed by atoms with E-state index in [1.165, 1.54) is 6.07 Å². The number of benzene rings is 2. The summed E-state index contributed by atoms with van der Waals surface area (Å²) in [5, 5.41) is 14.2. The highest BCUT2D eigenvalue weighted by atomic mass is 16.6. The first-order valence-electron chi connectivity index (χ1n) is 10.3. The zero-order valence-electron chi connectivity index (χ0n) is 17.8. The number of carbonyl (C=O) groups excluding carboxylic acids is 1. The molecule has 1 amide bonds. The number of hydrogen-bond acceptors (Lipinski definition) is 5. The summed E-state index contributed by atoms with van der Waals surface area (Å²) in [4.78, 5) is 26.1. The standard InChI is InChI=1S/C23H29N3O4/c1-16-8-13-21(26(28)29)23(17(16)2)24-22(27)15-25-14-6-4-5-7-20(25)18-9-11-19(30-3)12-10-18/h8-13,20H,4-7,14-15H2,1-3H3,(H,24,27)/t20-/m1/s1. The molecular weight excluding hydrogens is 382 g/mol. The lowest BCUT2D eigenvalue weighted by Gasteiger charge is -2.30. The van der Waals surface area contributed by atoms with Gasteiger partial charge in [0.15, 0.2) is 0 Å². The largest absolute Gasteiger partial charge is 0.497 e. The van der Waals surface area contributed by atoms with Gasteiger partial charge < -0.3 is 10.1 Å². The molecule has 0 saturated carbocycles. The van der Waals surface area contributed by atoms with E-state index in [-0.39, 0.29) is 24.2 Å². The molecule has 1 aliphatic rings. The highest BCUT2D eigenvalue weighted by Crippen LogP contribution is 2.32. The molecule has 0 bridgehead atoms. The Morgan fingerprint density at radius 1 is 1.17 bits per heavy atom. The predicted molar refractivity (Wildman–Crippen MR) is 117 cm³/mol. The number of amides is 1. The van der Waals surface area contributed by atoms with Crippen molar-refractivity contribution in [2.45, 2.75) is 45.6 Å². The van der Waals surface area contributed by atoms with Crippen LogP contribution in [0.4, 0.5) is 11.4 Å². The van der Waals surface area contributed by atoms with Crippen LogP contribution >= 0.6 is 0 Å². The normalized spacial score (nSPS) is 17.2. The second-order valence-electron chi connectivity index (χ2n) is 7.82. The number of aryl methyl sites for hydroxylation is 1. The molecule has 0 spiro atoms. The van der Waals surface area contributed by atoms with Gasteiger partial charge in [0.1, 0.15) is 11.4 Å². The molecular formula is C23H29N3O4. The monoisotopic (exact) mass is 411 g/mol. The molecule has 0 unspecified atom stereocenters. The van der Waals surface area contributed by atoms with Crippen molar-refractivity contribution in [2.24, 2.45) is 0 Å². The summed E-state index contributed by atoms with van der Waals surface area (Å²) in [5.74, 6) is 0.575. The number of anilines is 1. The van der Waals surface area contributed by atoms with Gasteiger partial charge in [-0.25, -0.2) is 0 Å². The number of nitro groups is 1. The van der Waals surface area contributed by atoms with Crippen LogP contribution in [0.3, 0.4) is 0 Å². The summed E-state index contributed by atoms with van der Waals surface area (Å²) in [6, 6.07) is 11.3. The third kappa shape index (κ3) is 4.97. The molecule has 1 heterocycles. The average Bonchev–Trinajstić information content (AvgIpc) is 2.96. The van der Waals surface area contributed by atoms with Crippen molar-refractivity contribution in [3.8, 4) is 5.75 Å². The molecule has 1 fully saturated rings. The van der Waals surface area contributed by atoms with Crippen LogP contribution in [0.15, 0.2) is 36.4 Å². The van der Waals surface area contributed by atoms with Gasteiger partial charge in [0.2, 0.25) is 5.91 Å². The van der Waals surface area contributed by atoms with Crippen molar-refractivity contribution >= 4 is 17.3 Å². The van der Waals surface area contributed by atoms with Crippen LogP contribution in [0.2, 0.25) is 0 Å². The molecule has 7 heteroatoms. The fourth-order valence-corrected chi connectivity index (χ4v) is 4.04. The summed E-state index contributed by atoms with van der Waals surface area (Å²) in [7, 11) is 1.64. The lowest BCUT2D eigenvalue weighted by Crippen LogP contribution is -2.36. The third-order valence-corrected chi connectivity index (χ3v) is 5.89. The molecule has 1 N–H and O–H groups in total. The van der Waals surface area contributed by atoms with Crippen LogP contribution in [0.1, 0.15) is 48.4 Å². The van der Waals surface area contributed by atoms with Gasteiger partial charge in [0.25, 0.3) is 5.69 Å². The Hall–Kier alpha value is -2.93. The number of nitro benzene ring substituents is 1. The molecule has 1 aliphatic heterocycles. The summed E-state index contributed by atoms with van der Waals surface area (Å²) in [6.45, 7) is 4.69. The van der Waals surface area contributed by atoms with Crippen molar-refractivity contribution < 1.29 is 14.5 Å². The van der Waals surface area contributed by atoms with Crippen LogP contribution in [0, 0.1) is 24.0 Å². The Morgan fingerprint density at radius 3 is 2.57 bits per heavy atom. The molecule has 160 valence electrons. The Bertz CT molecular complexity index is 911. The zero-order valence-corrected chi connectivity index (χ0v) is 17.8. The van der Waals surface area contributed by atoms with Crippen molar-refractivity contribution in [3.63, 3.8) is 0 Å². The molecule has 1 atom stereocenters. The lowest BCUT2D eigenvalue weighted by molar-refractivity contribution is -0.384. The first-order chi connectivity index (χ1) is 14.4. The summed E-state index contributed by atoms with van der Waals surface area (Å²) in [6.07, 6.45) is 4.25. The first kappa shape index (κ1) is 21.8. The van der Waals surface area contributed by atoms with Gasteiger partial charge in [0.05, 0.1) is 18.6 Å². The second kappa shape index (κ2) is 9.71. The summed E-state index contributed by atoms with van der Waals surface area (Å²) >= 11 is 0. The maximum Gasteiger partial charge on any atom is 0.293 e. The fraction of sp³-hybridized carbons (Fsp3) is 0.435. The Kier molecular flexibility index (Phi) is 7.05. The third-order valence-electron chi connectivity index (χ3n) is 5.89. The maximum absolute atomic E-state index is 12.9. The van der Waals surface area contributed by atoms with E-state index in [1.807, 2.05) is 19.1 Å². The fourth-order valence-electron chi connectivity index (χ4n) is 4.04. The van der Waals surface area contributed by atoms with Gasteiger partial charge in [-0.1, -0.05) is 31.0 Å². The minimum atomic E-state index is -0.450. The van der Waals surface area contributed by atoms with E-state index >= 15 is 0 Å². The molecule has 2 aromatic carbocycles. The first-order valence-corrected chi connectivity index (χ1v) is 10.3. The van der Waals surface area contributed by atoms with Crippen LogP contribution in [0.5, 0.6) is 5.75 Å². The Labute approximate surface area is 177 Å². The molecule has 0 aromatic heterocycles. The summed E-state index contributed by atoms with van der Waals surface area (Å²) in [5.41, 5.74) is 3.00. The van der Waals surface area contributed by atoms with E-state index in [1.54, 1.807) is 20.1 Å². The molecule has 1 saturated heterocycles. The van der Waals surface area contributed by atoms with Crippen LogP contribution in [-0.2, 0) is 4.79 Å². The molecule has 0 aliphatic carbocycles. The second-order valence-corrected chi connectivity index (χ2v) is 7.82. The van der Waals surface area contributed by atoms with E-state index in [0.29, 0.717) is 5.69 Å². The molecule has 0 radical (unpaired) electrons. The maximum atomic E-state index is 12.9. The molecule has 2 aromatic rings. The SMILES string of the molecule is COc1ccc([C@H]2CCCCCN2CC(=O)Nc2c([N+](=O)[O-])ccc(C)c2C)cc1. The number of methoxy groups -OCH3 is 1. The van der Waals surface area contributed by atoms with Crippen molar-refractivity contribution in [3.05, 3.63) is 63.2 Å². The molecule has 30 heavy (non-hydrogen) atoms. The highest BCUT2D eigenvalue weighted by molar-refractivity contribution is 5.95. The van der Waals surface area contributed by atoms with Gasteiger partial charge in [-0.15, -0.1) is 0 Å². The van der Waals surface area contributed by atoms with Crippen LogP contribution in [-0.4, -0.2) is 35.9 Å². The summed E-state index contributed by atoms with van der Waals surface area (Å²) < 4.78 is 5.26. The number of nitrogens with one attached hydrogen (secondary N) is 1. The molecule has 3 rings (SSSR count). The minimum absolute atomic E-state index is 0.0750. The van der Waals surface area contributed by atoms with Gasteiger partial charge in [-0.05, 0) is 62.1 Å². The van der Waals surface area contributed by atoms with Gasteiger partial charge in [0, 0.05) is 12.1 Å². The van der Waals surface area contributed by atoms with E-state index in [4.69, 9.17) is 4.74 Å². The number of likely N-dealkylation sites (tertiary alicyclic amines) is 1. The smallest absolute Gasteiger partial charge is 0.293 e. The Morgan fingerprint density at radius 2 is 1.90 bits per heavy atom. The number of nitrogens with zero attached hydrogens (tertiary/aromatic N) is 2. The average molecular weight is 412 g/mol. The van der Waals surface area contributed by atoms with Crippen LogP contribution in [0.25, 0.3) is 0 Å². The number of rotatable bonds is 6. The lowest BCUT2D eigenvalue weighted by atomic mass is 10.0. The number of hydrogen-bond donors (Lipinski definition) is 1. The number of ether oxygens (including phenoxy) is 1. The van der Waals surface area contributed by atoms with Crippen molar-refractivity contribution in [1.29, 1.82) is 0 Å². The van der Waals surface area contributed by atoms with Gasteiger partial charge in [-0.2, -0.15) is 0 Å². The van der Waals surface area contributed by atoms with Crippen molar-refractivity contribution in [2.75, 3.05) is 25.5 Å².